The Bertz CT molecular complexity index is 2420. The van der Waals surface area contributed by atoms with Crippen molar-refractivity contribution in [2.75, 3.05) is 11.9 Å². The quantitative estimate of drug-likeness (QED) is 0.112. The van der Waals surface area contributed by atoms with Gasteiger partial charge in [-0.1, -0.05) is 118 Å². The monoisotopic (exact) mass is 965 g/mol. The fraction of sp³-hybridized carbons (Fsp3) is 0.140. The maximum absolute atomic E-state index is 14.7. The van der Waals surface area contributed by atoms with Crippen molar-refractivity contribution in [3.63, 3.8) is 0 Å². The number of aromatic nitrogens is 2. The van der Waals surface area contributed by atoms with E-state index in [1.165, 1.54) is 5.56 Å². The second kappa shape index (κ2) is 18.8. The van der Waals surface area contributed by atoms with Crippen molar-refractivity contribution < 1.29 is 37.7 Å². The van der Waals surface area contributed by atoms with Crippen LogP contribution in [0.3, 0.4) is 0 Å². The first-order chi connectivity index (χ1) is 27.9. The molecule has 0 N–H and O–H groups in total. The van der Waals surface area contributed by atoms with E-state index in [4.69, 9.17) is 4.98 Å². The predicted molar refractivity (Wildman–Crippen MR) is 224 cm³/mol. The smallest absolute Gasteiger partial charge is 0.0949 e. The molecule has 3 heterocycles. The zero-order valence-corrected chi connectivity index (χ0v) is 35.5. The molecule has 0 spiro atoms. The van der Waals surface area contributed by atoms with E-state index in [2.05, 4.69) is 87.3 Å². The van der Waals surface area contributed by atoms with Gasteiger partial charge in [-0.05, 0) is 87.8 Å². The average molecular weight is 965 g/mol. The molecule has 4 nitrogen and oxygen atoms in total. The third-order valence-corrected chi connectivity index (χ3v) is 9.65. The zero-order valence-electron chi connectivity index (χ0n) is 33.1. The van der Waals surface area contributed by atoms with E-state index in [0.29, 0.717) is 5.56 Å². The van der Waals surface area contributed by atoms with Crippen molar-refractivity contribution in [3.8, 4) is 56.0 Å². The Kier molecular flexibility index (Phi) is 13.6. The normalized spacial score (nSPS) is 12.1. The summed E-state index contributed by atoms with van der Waals surface area (Å²) in [5.74, 6) is -1.94. The minimum Gasteiger partial charge on any atom is -0.510 e. The van der Waals surface area contributed by atoms with Crippen molar-refractivity contribution in [2.45, 2.75) is 39.5 Å². The Morgan fingerprint density at radius 2 is 1.15 bits per heavy atom. The molecule has 5 aromatic carbocycles. The molecule has 2 aromatic heterocycles. The van der Waals surface area contributed by atoms with Gasteiger partial charge in [0.15, 0.2) is 0 Å². The van der Waals surface area contributed by atoms with Crippen LogP contribution in [0.5, 0.6) is 0 Å². The molecule has 0 amide bonds. The second-order valence-electron chi connectivity index (χ2n) is 14.6. The second-order valence-corrected chi connectivity index (χ2v) is 14.6. The molecule has 0 saturated heterocycles. The Hall–Kier alpha value is -5.89. The number of halogens is 4. The van der Waals surface area contributed by atoms with Crippen LogP contribution in [0.15, 0.2) is 134 Å². The van der Waals surface area contributed by atoms with Gasteiger partial charge in [-0.15, -0.1) is 66.8 Å². The third-order valence-electron chi connectivity index (χ3n) is 9.65. The third kappa shape index (κ3) is 9.87. The molecule has 0 aliphatic carbocycles. The van der Waals surface area contributed by atoms with Gasteiger partial charge in [0.1, 0.15) is 0 Å². The van der Waals surface area contributed by atoms with Gasteiger partial charge in [-0.25, -0.2) is 0 Å². The van der Waals surface area contributed by atoms with E-state index in [1.54, 1.807) is 12.1 Å². The Labute approximate surface area is 357 Å². The van der Waals surface area contributed by atoms with Crippen molar-refractivity contribution in [2.24, 2.45) is 0 Å². The topological polar surface area (TPSA) is 32.3 Å². The van der Waals surface area contributed by atoms with Gasteiger partial charge in [0.2, 0.25) is 0 Å². The van der Waals surface area contributed by atoms with Crippen molar-refractivity contribution in [1.29, 1.82) is 0 Å². The molecule has 8 rings (SSSR count). The molecular formula is C50H40F4IrN4-4. The van der Waals surface area contributed by atoms with E-state index < -0.39 is 23.3 Å². The molecule has 9 heteroatoms. The van der Waals surface area contributed by atoms with Gasteiger partial charge in [0.05, 0.1) is 5.82 Å². The molecule has 0 saturated carbocycles. The summed E-state index contributed by atoms with van der Waals surface area (Å²) in [6, 6.07) is 44.0. The molecule has 1 aliphatic rings. The number of benzene rings is 5. The number of nitrogens with zero attached hydrogens (tertiary/aromatic N) is 4. The molecule has 0 fully saturated rings. The predicted octanol–water partition coefficient (Wildman–Crippen LogP) is 13.0. The first-order valence-electron chi connectivity index (χ1n) is 18.9. The molecule has 0 unspecified atom stereocenters. The van der Waals surface area contributed by atoms with Crippen LogP contribution in [-0.4, -0.2) is 21.9 Å². The summed E-state index contributed by atoms with van der Waals surface area (Å²) in [5.41, 5.74) is 8.26. The fourth-order valence-corrected chi connectivity index (χ4v) is 6.82. The largest absolute Gasteiger partial charge is 0.510 e. The summed E-state index contributed by atoms with van der Waals surface area (Å²) in [7, 11) is 2.00. The number of rotatable bonds is 8. The van der Waals surface area contributed by atoms with E-state index in [1.807, 2.05) is 84.4 Å². The summed E-state index contributed by atoms with van der Waals surface area (Å²) >= 11 is 0. The van der Waals surface area contributed by atoms with Crippen LogP contribution in [0, 0.1) is 48.1 Å². The van der Waals surface area contributed by atoms with Gasteiger partial charge in [-0.2, -0.15) is 0 Å². The van der Waals surface area contributed by atoms with E-state index in [0.717, 1.165) is 63.6 Å². The van der Waals surface area contributed by atoms with Crippen LogP contribution in [0.1, 0.15) is 50.7 Å². The summed E-state index contributed by atoms with van der Waals surface area (Å²) in [6.07, 6.45) is 4.01. The SMILES string of the molecule is CC(C)c1cccc(C(C)C)c1-c1cc(-c2[c-]cc(F)cc2F)nc(-c2[c-]cc(F)cc2F)c1.CN1C=CN(c2cc(-c3ccccc3)cc(-c3[c-]cccc3)n2)[CH-]1.[Ir]. The summed E-state index contributed by atoms with van der Waals surface area (Å²) < 4.78 is 56.5. The Morgan fingerprint density at radius 1 is 0.576 bits per heavy atom. The van der Waals surface area contributed by atoms with Crippen molar-refractivity contribution >= 4 is 5.82 Å². The van der Waals surface area contributed by atoms with Gasteiger partial charge >= 0.3 is 0 Å². The average Bonchev–Trinajstić information content (AvgIpc) is 3.67. The summed E-state index contributed by atoms with van der Waals surface area (Å²) in [5, 5.41) is 0. The van der Waals surface area contributed by atoms with Crippen LogP contribution in [0.2, 0.25) is 0 Å². The van der Waals surface area contributed by atoms with E-state index in [-0.39, 0.29) is 54.5 Å². The van der Waals surface area contributed by atoms with E-state index in [9.17, 15) is 17.6 Å². The number of hydrogen-bond acceptors (Lipinski definition) is 4. The minimum absolute atomic E-state index is 0. The van der Waals surface area contributed by atoms with Gasteiger partial charge in [0.25, 0.3) is 0 Å². The minimum atomic E-state index is -0.833. The molecule has 1 aliphatic heterocycles. The maximum atomic E-state index is 14.7. The molecular weight excluding hydrogens is 925 g/mol. The summed E-state index contributed by atoms with van der Waals surface area (Å²) in [6.45, 7) is 10.3. The van der Waals surface area contributed by atoms with Crippen LogP contribution in [-0.2, 0) is 20.1 Å². The Morgan fingerprint density at radius 3 is 1.66 bits per heavy atom. The molecule has 0 atom stereocenters. The van der Waals surface area contributed by atoms with Crippen LogP contribution >= 0.6 is 0 Å². The van der Waals surface area contributed by atoms with Gasteiger partial charge in [0, 0.05) is 43.4 Å². The van der Waals surface area contributed by atoms with Crippen molar-refractivity contribution in [1.82, 2.24) is 14.9 Å². The van der Waals surface area contributed by atoms with Crippen molar-refractivity contribution in [3.05, 3.63) is 193 Å². The summed E-state index contributed by atoms with van der Waals surface area (Å²) in [4.78, 5) is 13.3. The maximum Gasteiger partial charge on any atom is 0.0949 e. The fourth-order valence-electron chi connectivity index (χ4n) is 6.82. The first-order valence-corrected chi connectivity index (χ1v) is 18.9. The first kappa shape index (κ1) is 42.7. The molecule has 0 bridgehead atoms. The van der Waals surface area contributed by atoms with Crippen LogP contribution < -0.4 is 4.90 Å². The van der Waals surface area contributed by atoms with Crippen LogP contribution in [0.25, 0.3) is 56.0 Å². The Balaban J connectivity index is 0.000000206. The molecule has 301 valence electrons. The number of hydrogen-bond donors (Lipinski definition) is 0. The van der Waals surface area contributed by atoms with E-state index >= 15 is 0 Å². The number of anilines is 1. The zero-order chi connectivity index (χ0) is 40.9. The molecule has 1 radical (unpaired) electrons. The molecule has 59 heavy (non-hydrogen) atoms. The van der Waals surface area contributed by atoms with Gasteiger partial charge in [-0.3, -0.25) is 22.5 Å². The number of pyridine rings is 2. The van der Waals surface area contributed by atoms with Crippen LogP contribution in [0.4, 0.5) is 23.4 Å². The standard InChI is InChI=1S/C29H23F4N.C21H17N3.Ir/c1-16(2)21-6-5-7-22(17(3)4)29(21)18-12-27(23-10-8-19(30)14-25(23)32)34-28(13-18)24-11-9-20(31)15-26(24)33;1-23-12-13-24(16-23)21-15-19(17-8-4-2-5-9-17)14-20(22-21)18-10-6-3-7-11-18;/h5-9,12-17H,1-4H3;2-10,12-16H,1H3;/q2*-2;. The molecule has 7 aromatic rings. The van der Waals surface area contributed by atoms with Gasteiger partial charge < -0.3 is 14.8 Å².